The monoisotopic (exact) mass is 270 g/mol. The third-order valence-electron chi connectivity index (χ3n) is 3.99. The van der Waals surface area contributed by atoms with Gasteiger partial charge in [-0.05, 0) is 30.4 Å². The summed E-state index contributed by atoms with van der Waals surface area (Å²) in [5, 5.41) is 3.05. The summed E-state index contributed by atoms with van der Waals surface area (Å²) >= 11 is 0. The predicted octanol–water partition coefficient (Wildman–Crippen LogP) is 2.05. The van der Waals surface area contributed by atoms with E-state index in [2.05, 4.69) is 24.1 Å². The number of hydrogen-bond donors (Lipinski definition) is 2. The molecular weight excluding hydrogens is 248 g/mol. The van der Waals surface area contributed by atoms with Crippen molar-refractivity contribution in [3.05, 3.63) is 35.4 Å². The first-order chi connectivity index (χ1) is 9.72. The van der Waals surface area contributed by atoms with Gasteiger partial charge in [0.05, 0.1) is 6.54 Å². The van der Waals surface area contributed by atoms with Crippen molar-refractivity contribution in [3.8, 4) is 11.8 Å². The summed E-state index contributed by atoms with van der Waals surface area (Å²) in [6, 6.07) is 7.87. The van der Waals surface area contributed by atoms with Gasteiger partial charge in [0.2, 0.25) is 5.91 Å². The number of nitrogens with one attached hydrogen (secondary N) is 1. The third kappa shape index (κ3) is 3.61. The number of carbonyl (C=O) groups is 1. The lowest BCUT2D eigenvalue weighted by atomic mass is 9.97. The van der Waals surface area contributed by atoms with Gasteiger partial charge in [0.25, 0.3) is 0 Å². The molecule has 2 rings (SSSR count). The van der Waals surface area contributed by atoms with Crippen LogP contribution >= 0.6 is 0 Å². The van der Waals surface area contributed by atoms with Gasteiger partial charge in [-0.2, -0.15) is 0 Å². The van der Waals surface area contributed by atoms with Gasteiger partial charge in [-0.25, -0.2) is 0 Å². The maximum atomic E-state index is 12.2. The number of carbonyl (C=O) groups excluding carboxylic acids is 1. The highest BCUT2D eigenvalue weighted by Gasteiger charge is 2.29. The molecule has 0 spiro atoms. The van der Waals surface area contributed by atoms with Crippen molar-refractivity contribution in [3.63, 3.8) is 0 Å². The Balaban J connectivity index is 1.98. The summed E-state index contributed by atoms with van der Waals surface area (Å²) in [4.78, 5) is 12.2. The molecule has 20 heavy (non-hydrogen) atoms. The van der Waals surface area contributed by atoms with Crippen molar-refractivity contribution in [2.45, 2.75) is 32.7 Å². The lowest BCUT2D eigenvalue weighted by Crippen LogP contribution is -2.31. The Hall–Kier alpha value is -1.79. The van der Waals surface area contributed by atoms with E-state index in [4.69, 9.17) is 5.73 Å². The zero-order chi connectivity index (χ0) is 14.4. The average molecular weight is 270 g/mol. The minimum atomic E-state index is 0.177. The second-order valence-electron chi connectivity index (χ2n) is 5.40. The fourth-order valence-electron chi connectivity index (χ4n) is 2.79. The second kappa shape index (κ2) is 7.12. The molecule has 1 aromatic rings. The standard InChI is InChI=1S/C17H22N2O/c1-13-6-4-10-16(13)17(20)19-12-15-8-3-2-7-14(15)9-5-11-18/h2-3,7-8,13,16H,4,6,10-12,18H2,1H3,(H,19,20). The quantitative estimate of drug-likeness (QED) is 0.826. The molecule has 1 amide bonds. The summed E-state index contributed by atoms with van der Waals surface area (Å²) in [5.74, 6) is 6.77. The second-order valence-corrected chi connectivity index (χ2v) is 5.40. The largest absolute Gasteiger partial charge is 0.352 e. The number of hydrogen-bond acceptors (Lipinski definition) is 2. The highest BCUT2D eigenvalue weighted by Crippen LogP contribution is 2.31. The third-order valence-corrected chi connectivity index (χ3v) is 3.99. The molecular formula is C17H22N2O. The molecule has 1 saturated carbocycles. The van der Waals surface area contributed by atoms with Gasteiger partial charge in [0, 0.05) is 18.0 Å². The highest BCUT2D eigenvalue weighted by molar-refractivity contribution is 5.79. The topological polar surface area (TPSA) is 55.1 Å². The van der Waals surface area contributed by atoms with Crippen LogP contribution in [-0.2, 0) is 11.3 Å². The summed E-state index contributed by atoms with van der Waals surface area (Å²) < 4.78 is 0. The van der Waals surface area contributed by atoms with Crippen LogP contribution in [0.5, 0.6) is 0 Å². The predicted molar refractivity (Wildman–Crippen MR) is 80.7 cm³/mol. The molecule has 1 aromatic carbocycles. The normalized spacial score (nSPS) is 21.1. The summed E-state index contributed by atoms with van der Waals surface area (Å²) in [5.41, 5.74) is 7.39. The summed E-state index contributed by atoms with van der Waals surface area (Å²) in [7, 11) is 0. The molecule has 3 heteroatoms. The van der Waals surface area contributed by atoms with Crippen LogP contribution in [0.4, 0.5) is 0 Å². The van der Waals surface area contributed by atoms with E-state index in [0.717, 1.165) is 30.4 Å². The molecule has 1 aliphatic carbocycles. The van der Waals surface area contributed by atoms with E-state index in [1.165, 1.54) is 0 Å². The molecule has 0 bridgehead atoms. The first-order valence-corrected chi connectivity index (χ1v) is 7.27. The molecule has 0 aliphatic heterocycles. The lowest BCUT2D eigenvalue weighted by molar-refractivity contribution is -0.126. The van der Waals surface area contributed by atoms with E-state index < -0.39 is 0 Å². The molecule has 0 heterocycles. The molecule has 0 radical (unpaired) electrons. The lowest BCUT2D eigenvalue weighted by Gasteiger charge is -2.15. The molecule has 1 aliphatic rings. The van der Waals surface area contributed by atoms with Crippen LogP contribution in [0.1, 0.15) is 37.3 Å². The van der Waals surface area contributed by atoms with Crippen LogP contribution in [-0.4, -0.2) is 12.5 Å². The Labute approximate surface area is 120 Å². The molecule has 3 nitrogen and oxygen atoms in total. The van der Waals surface area contributed by atoms with E-state index in [9.17, 15) is 4.79 Å². The van der Waals surface area contributed by atoms with Crippen LogP contribution in [0, 0.1) is 23.7 Å². The maximum Gasteiger partial charge on any atom is 0.223 e. The van der Waals surface area contributed by atoms with Crippen LogP contribution in [0.2, 0.25) is 0 Å². The van der Waals surface area contributed by atoms with E-state index in [0.29, 0.717) is 19.0 Å². The summed E-state index contributed by atoms with van der Waals surface area (Å²) in [6.07, 6.45) is 3.34. The molecule has 106 valence electrons. The molecule has 3 N–H and O–H groups in total. The van der Waals surface area contributed by atoms with Gasteiger partial charge >= 0.3 is 0 Å². The van der Waals surface area contributed by atoms with Gasteiger partial charge in [0.1, 0.15) is 0 Å². The van der Waals surface area contributed by atoms with Gasteiger partial charge in [0.15, 0.2) is 0 Å². The van der Waals surface area contributed by atoms with Gasteiger partial charge in [-0.3, -0.25) is 4.79 Å². The minimum absolute atomic E-state index is 0.177. The molecule has 2 atom stereocenters. The Morgan fingerprint density at radius 1 is 1.40 bits per heavy atom. The zero-order valence-electron chi connectivity index (χ0n) is 12.0. The van der Waals surface area contributed by atoms with Crippen molar-refractivity contribution in [1.29, 1.82) is 0 Å². The van der Waals surface area contributed by atoms with E-state index >= 15 is 0 Å². The van der Waals surface area contributed by atoms with Gasteiger partial charge < -0.3 is 11.1 Å². The number of rotatable bonds is 3. The first-order valence-electron chi connectivity index (χ1n) is 7.27. The van der Waals surface area contributed by atoms with Crippen molar-refractivity contribution in [1.82, 2.24) is 5.32 Å². The van der Waals surface area contributed by atoms with Gasteiger partial charge in [-0.15, -0.1) is 0 Å². The number of benzene rings is 1. The maximum absolute atomic E-state index is 12.2. The van der Waals surface area contributed by atoms with Gasteiger partial charge in [-0.1, -0.05) is 43.4 Å². The van der Waals surface area contributed by atoms with E-state index in [1.807, 2.05) is 24.3 Å². The molecule has 0 aromatic heterocycles. The van der Waals surface area contributed by atoms with Crippen molar-refractivity contribution in [2.24, 2.45) is 17.6 Å². The molecule has 0 saturated heterocycles. The number of nitrogens with two attached hydrogens (primary N) is 1. The van der Waals surface area contributed by atoms with E-state index in [-0.39, 0.29) is 11.8 Å². The minimum Gasteiger partial charge on any atom is -0.352 e. The zero-order valence-corrected chi connectivity index (χ0v) is 12.0. The van der Waals surface area contributed by atoms with Crippen molar-refractivity contribution in [2.75, 3.05) is 6.54 Å². The summed E-state index contributed by atoms with van der Waals surface area (Å²) in [6.45, 7) is 3.05. The Morgan fingerprint density at radius 2 is 2.20 bits per heavy atom. The van der Waals surface area contributed by atoms with Crippen molar-refractivity contribution < 1.29 is 4.79 Å². The first kappa shape index (κ1) is 14.6. The number of amides is 1. The SMILES string of the molecule is CC1CCCC1C(=O)NCc1ccccc1C#CCN. The average Bonchev–Trinajstić information content (AvgIpc) is 2.89. The molecule has 1 fully saturated rings. The van der Waals surface area contributed by atoms with E-state index in [1.54, 1.807) is 0 Å². The Morgan fingerprint density at radius 3 is 2.90 bits per heavy atom. The fourth-order valence-corrected chi connectivity index (χ4v) is 2.79. The van der Waals surface area contributed by atoms with Crippen LogP contribution in [0.3, 0.4) is 0 Å². The smallest absolute Gasteiger partial charge is 0.223 e. The highest BCUT2D eigenvalue weighted by atomic mass is 16.1. The van der Waals surface area contributed by atoms with Crippen LogP contribution in [0.15, 0.2) is 24.3 Å². The molecule has 2 unspecified atom stereocenters. The van der Waals surface area contributed by atoms with Crippen LogP contribution < -0.4 is 11.1 Å². The van der Waals surface area contributed by atoms with Crippen molar-refractivity contribution >= 4 is 5.91 Å². The Kier molecular flexibility index (Phi) is 5.20. The fraction of sp³-hybridized carbons (Fsp3) is 0.471. The van der Waals surface area contributed by atoms with Crippen LogP contribution in [0.25, 0.3) is 0 Å². The Bertz CT molecular complexity index is 527.